The van der Waals surface area contributed by atoms with E-state index in [1.165, 1.54) is 11.0 Å². The molecule has 1 amide bonds. The zero-order valence-corrected chi connectivity index (χ0v) is 11.3. The maximum atomic E-state index is 11.5. The van der Waals surface area contributed by atoms with Crippen molar-refractivity contribution in [1.82, 2.24) is 19.7 Å². The van der Waals surface area contributed by atoms with Crippen molar-refractivity contribution in [2.75, 3.05) is 6.26 Å². The summed E-state index contributed by atoms with van der Waals surface area (Å²) in [6.45, 7) is 0. The quantitative estimate of drug-likeness (QED) is 0.896. The normalized spacial score (nSPS) is 11.3. The van der Waals surface area contributed by atoms with Gasteiger partial charge in [0, 0.05) is 5.02 Å². The van der Waals surface area contributed by atoms with Gasteiger partial charge in [0.05, 0.1) is 18.1 Å². The van der Waals surface area contributed by atoms with Crippen molar-refractivity contribution >= 4 is 27.5 Å². The molecular formula is C10H9ClN4O3S. The van der Waals surface area contributed by atoms with Gasteiger partial charge in [0.15, 0.2) is 5.69 Å². The highest BCUT2D eigenvalue weighted by Gasteiger charge is 2.15. The van der Waals surface area contributed by atoms with Crippen molar-refractivity contribution in [3.05, 3.63) is 41.2 Å². The second kappa shape index (κ2) is 4.98. The lowest BCUT2D eigenvalue weighted by molar-refractivity contribution is 0.0976. The zero-order chi connectivity index (χ0) is 14.0. The lowest BCUT2D eigenvalue weighted by Gasteiger charge is -1.99. The van der Waals surface area contributed by atoms with Crippen molar-refractivity contribution < 1.29 is 13.2 Å². The molecule has 1 aromatic carbocycles. The number of aromatic nitrogens is 3. The number of rotatable bonds is 3. The van der Waals surface area contributed by atoms with Gasteiger partial charge in [-0.25, -0.2) is 13.1 Å². The van der Waals surface area contributed by atoms with E-state index in [2.05, 4.69) is 10.2 Å². The fourth-order valence-corrected chi connectivity index (χ4v) is 1.85. The van der Waals surface area contributed by atoms with Crippen molar-refractivity contribution in [1.29, 1.82) is 0 Å². The number of halogens is 1. The number of benzene rings is 1. The van der Waals surface area contributed by atoms with Crippen LogP contribution in [0.4, 0.5) is 0 Å². The van der Waals surface area contributed by atoms with Gasteiger partial charge in [0.2, 0.25) is 10.0 Å². The Morgan fingerprint density at radius 1 is 1.32 bits per heavy atom. The van der Waals surface area contributed by atoms with Gasteiger partial charge >= 0.3 is 0 Å². The molecular weight excluding hydrogens is 292 g/mol. The predicted molar refractivity (Wildman–Crippen MR) is 68.7 cm³/mol. The number of hydrogen-bond acceptors (Lipinski definition) is 5. The van der Waals surface area contributed by atoms with Crippen molar-refractivity contribution in [2.45, 2.75) is 0 Å². The highest BCUT2D eigenvalue weighted by Crippen LogP contribution is 2.11. The van der Waals surface area contributed by atoms with Gasteiger partial charge in [-0.1, -0.05) is 11.6 Å². The number of sulfonamides is 1. The standard InChI is InChI=1S/C10H9ClN4O3S/c1-19(17,18)14-10(16)9-6-12-15(13-9)8-4-2-7(11)3-5-8/h2-6H,1H3,(H,14,16). The maximum Gasteiger partial charge on any atom is 0.286 e. The molecule has 0 aliphatic heterocycles. The summed E-state index contributed by atoms with van der Waals surface area (Å²) in [6.07, 6.45) is 2.06. The monoisotopic (exact) mass is 300 g/mol. The highest BCUT2D eigenvalue weighted by molar-refractivity contribution is 7.89. The average Bonchev–Trinajstić information content (AvgIpc) is 2.77. The first-order valence-electron chi connectivity index (χ1n) is 5.05. The summed E-state index contributed by atoms with van der Waals surface area (Å²) in [5, 5.41) is 8.32. The molecule has 0 aliphatic carbocycles. The van der Waals surface area contributed by atoms with Crippen LogP contribution in [0.25, 0.3) is 5.69 Å². The summed E-state index contributed by atoms with van der Waals surface area (Å²) >= 11 is 5.75. The minimum absolute atomic E-state index is 0.0969. The molecule has 7 nitrogen and oxygen atoms in total. The van der Waals surface area contributed by atoms with Crippen LogP contribution in [0.15, 0.2) is 30.5 Å². The minimum atomic E-state index is -3.63. The fraction of sp³-hybridized carbons (Fsp3) is 0.100. The van der Waals surface area contributed by atoms with Crippen molar-refractivity contribution in [3.8, 4) is 5.69 Å². The van der Waals surface area contributed by atoms with Gasteiger partial charge in [-0.2, -0.15) is 9.90 Å². The Labute approximate surface area is 114 Å². The summed E-state index contributed by atoms with van der Waals surface area (Å²) in [7, 11) is -3.63. The molecule has 0 bridgehead atoms. The molecule has 1 heterocycles. The smallest absolute Gasteiger partial charge is 0.266 e. The second-order valence-electron chi connectivity index (χ2n) is 3.70. The largest absolute Gasteiger partial charge is 0.286 e. The molecule has 0 radical (unpaired) electrons. The van der Waals surface area contributed by atoms with Crippen molar-refractivity contribution in [2.24, 2.45) is 0 Å². The van der Waals surface area contributed by atoms with Gasteiger partial charge in [-0.15, -0.1) is 5.10 Å². The second-order valence-corrected chi connectivity index (χ2v) is 5.88. The third kappa shape index (κ3) is 3.52. The zero-order valence-electron chi connectivity index (χ0n) is 9.74. The Bertz CT molecular complexity index is 709. The molecule has 1 N–H and O–H groups in total. The molecule has 1 aromatic heterocycles. The van der Waals surface area contributed by atoms with E-state index >= 15 is 0 Å². The first-order chi connectivity index (χ1) is 8.85. The lowest BCUT2D eigenvalue weighted by atomic mass is 10.3. The van der Waals surface area contributed by atoms with E-state index in [-0.39, 0.29) is 5.69 Å². The molecule has 0 spiro atoms. The summed E-state index contributed by atoms with van der Waals surface area (Å²) in [5.41, 5.74) is 0.503. The molecule has 0 atom stereocenters. The summed E-state index contributed by atoms with van der Waals surface area (Å²) < 4.78 is 23.7. The molecule has 100 valence electrons. The molecule has 2 rings (SSSR count). The molecule has 0 saturated carbocycles. The van der Waals surface area contributed by atoms with Crippen LogP contribution in [0.2, 0.25) is 5.02 Å². The number of amides is 1. The van der Waals surface area contributed by atoms with Crippen LogP contribution in [0, 0.1) is 0 Å². The molecule has 0 aliphatic rings. The number of carbonyl (C=O) groups excluding carboxylic acids is 1. The third-order valence-electron chi connectivity index (χ3n) is 2.06. The number of nitrogens with one attached hydrogen (secondary N) is 1. The summed E-state index contributed by atoms with van der Waals surface area (Å²) in [5.74, 6) is -0.831. The summed E-state index contributed by atoms with van der Waals surface area (Å²) in [6, 6.07) is 6.63. The Kier molecular flexibility index (Phi) is 3.54. The fourth-order valence-electron chi connectivity index (χ4n) is 1.29. The summed E-state index contributed by atoms with van der Waals surface area (Å²) in [4.78, 5) is 12.7. The first kappa shape index (κ1) is 13.5. The van der Waals surface area contributed by atoms with Crippen molar-refractivity contribution in [3.63, 3.8) is 0 Å². The van der Waals surface area contributed by atoms with E-state index < -0.39 is 15.9 Å². The van der Waals surface area contributed by atoms with Gasteiger partial charge in [0.1, 0.15) is 0 Å². The van der Waals surface area contributed by atoms with Crippen LogP contribution < -0.4 is 4.72 Å². The molecule has 2 aromatic rings. The number of carbonyl (C=O) groups is 1. The third-order valence-corrected chi connectivity index (χ3v) is 2.87. The van der Waals surface area contributed by atoms with E-state index in [4.69, 9.17) is 11.6 Å². The highest BCUT2D eigenvalue weighted by atomic mass is 35.5. The molecule has 0 unspecified atom stereocenters. The molecule has 0 fully saturated rings. The Morgan fingerprint density at radius 3 is 2.53 bits per heavy atom. The minimum Gasteiger partial charge on any atom is -0.266 e. The van der Waals surface area contributed by atoms with Gasteiger partial charge in [-0.05, 0) is 24.3 Å². The SMILES string of the molecule is CS(=O)(=O)NC(=O)c1cnn(-c2ccc(Cl)cc2)n1. The number of hydrogen-bond donors (Lipinski definition) is 1. The Balaban J connectivity index is 2.24. The van der Waals surface area contributed by atoms with E-state index in [0.29, 0.717) is 10.7 Å². The molecule has 19 heavy (non-hydrogen) atoms. The van der Waals surface area contributed by atoms with E-state index in [1.807, 2.05) is 0 Å². The van der Waals surface area contributed by atoms with Crippen LogP contribution in [0.5, 0.6) is 0 Å². The predicted octanol–water partition coefficient (Wildman–Crippen LogP) is 0.610. The van der Waals surface area contributed by atoms with Crippen LogP contribution in [-0.2, 0) is 10.0 Å². The molecule has 9 heteroatoms. The van der Waals surface area contributed by atoms with Gasteiger partial charge in [0.25, 0.3) is 5.91 Å². The maximum absolute atomic E-state index is 11.5. The number of nitrogens with zero attached hydrogens (tertiary/aromatic N) is 3. The Hall–Kier alpha value is -1.93. The van der Waals surface area contributed by atoms with Crippen LogP contribution in [0.1, 0.15) is 10.5 Å². The van der Waals surface area contributed by atoms with Gasteiger partial charge in [-0.3, -0.25) is 4.79 Å². The average molecular weight is 301 g/mol. The molecule has 0 saturated heterocycles. The van der Waals surface area contributed by atoms with Crippen LogP contribution in [0.3, 0.4) is 0 Å². The topological polar surface area (TPSA) is 94.0 Å². The van der Waals surface area contributed by atoms with Crippen LogP contribution in [-0.4, -0.2) is 35.6 Å². The van der Waals surface area contributed by atoms with Crippen LogP contribution >= 0.6 is 11.6 Å². The van der Waals surface area contributed by atoms with E-state index in [0.717, 1.165) is 6.26 Å². The Morgan fingerprint density at radius 2 is 1.95 bits per heavy atom. The van der Waals surface area contributed by atoms with E-state index in [9.17, 15) is 13.2 Å². The lowest BCUT2D eigenvalue weighted by Crippen LogP contribution is -2.29. The van der Waals surface area contributed by atoms with Gasteiger partial charge < -0.3 is 0 Å². The van der Waals surface area contributed by atoms with E-state index in [1.54, 1.807) is 29.0 Å². The first-order valence-corrected chi connectivity index (χ1v) is 7.32.